The van der Waals surface area contributed by atoms with Gasteiger partial charge in [0.25, 0.3) is 0 Å². The standard InChI is InChI=1S/C24H26N4O3/c1-15-9-23-26-27-24(29)28(23)21-11-20(22(30-2)12-19(15)21)17-6-3-5-16(10-17)13-25-14-18-7-4-8-31-18/h3,5-6,9-12,18,25H,4,7-8,13-14H2,1-2H3,(H,27,29). The third-order valence-corrected chi connectivity index (χ3v) is 5.99. The molecular formula is C24H26N4O3. The molecule has 160 valence electrons. The van der Waals surface area contributed by atoms with Crippen molar-refractivity contribution in [2.75, 3.05) is 20.3 Å². The fourth-order valence-corrected chi connectivity index (χ4v) is 4.41. The van der Waals surface area contributed by atoms with Gasteiger partial charge in [-0.2, -0.15) is 5.10 Å². The number of hydrogen-bond donors (Lipinski definition) is 2. The summed E-state index contributed by atoms with van der Waals surface area (Å²) in [5.41, 5.74) is 5.39. The quantitative estimate of drug-likeness (QED) is 0.501. The molecule has 1 fully saturated rings. The van der Waals surface area contributed by atoms with Crippen LogP contribution in [0.5, 0.6) is 5.75 Å². The molecule has 1 atom stereocenters. The smallest absolute Gasteiger partial charge is 0.348 e. The summed E-state index contributed by atoms with van der Waals surface area (Å²) in [7, 11) is 1.68. The molecule has 2 aromatic carbocycles. The van der Waals surface area contributed by atoms with Crippen molar-refractivity contribution in [2.24, 2.45) is 0 Å². The van der Waals surface area contributed by atoms with Gasteiger partial charge in [0.05, 0.1) is 18.7 Å². The van der Waals surface area contributed by atoms with Crippen molar-refractivity contribution in [3.63, 3.8) is 0 Å². The van der Waals surface area contributed by atoms with Crippen molar-refractivity contribution in [3.8, 4) is 16.9 Å². The molecule has 0 radical (unpaired) electrons. The van der Waals surface area contributed by atoms with Gasteiger partial charge in [0, 0.05) is 30.6 Å². The summed E-state index contributed by atoms with van der Waals surface area (Å²) >= 11 is 0. The van der Waals surface area contributed by atoms with Crippen LogP contribution >= 0.6 is 0 Å². The summed E-state index contributed by atoms with van der Waals surface area (Å²) in [6.07, 6.45) is 2.60. The number of rotatable bonds is 6. The van der Waals surface area contributed by atoms with E-state index in [4.69, 9.17) is 9.47 Å². The molecule has 4 aromatic rings. The van der Waals surface area contributed by atoms with Gasteiger partial charge in [-0.1, -0.05) is 18.2 Å². The molecule has 0 aliphatic carbocycles. The number of hydrogen-bond acceptors (Lipinski definition) is 5. The van der Waals surface area contributed by atoms with Crippen molar-refractivity contribution in [1.82, 2.24) is 19.9 Å². The molecule has 0 spiro atoms. The highest BCUT2D eigenvalue weighted by Gasteiger charge is 2.16. The Bertz CT molecular complexity index is 1300. The van der Waals surface area contributed by atoms with Gasteiger partial charge in [-0.15, -0.1) is 0 Å². The fourth-order valence-electron chi connectivity index (χ4n) is 4.41. The van der Waals surface area contributed by atoms with Gasteiger partial charge in [0.2, 0.25) is 0 Å². The van der Waals surface area contributed by atoms with Gasteiger partial charge in [-0.05, 0) is 60.7 Å². The molecule has 2 N–H and O–H groups in total. The lowest BCUT2D eigenvalue weighted by atomic mass is 9.98. The van der Waals surface area contributed by atoms with Crippen molar-refractivity contribution in [1.29, 1.82) is 0 Å². The highest BCUT2D eigenvalue weighted by atomic mass is 16.5. The second kappa shape index (κ2) is 8.17. The van der Waals surface area contributed by atoms with Crippen LogP contribution < -0.4 is 15.7 Å². The molecular weight excluding hydrogens is 392 g/mol. The van der Waals surface area contributed by atoms with Crippen LogP contribution in [0.2, 0.25) is 0 Å². The van der Waals surface area contributed by atoms with Crippen molar-refractivity contribution in [2.45, 2.75) is 32.4 Å². The van der Waals surface area contributed by atoms with Crippen LogP contribution in [0.25, 0.3) is 27.7 Å². The first-order valence-electron chi connectivity index (χ1n) is 10.6. The number of methoxy groups -OCH3 is 1. The molecule has 5 rings (SSSR count). The maximum Gasteiger partial charge on any atom is 0.348 e. The molecule has 1 aliphatic rings. The first kappa shape index (κ1) is 19.8. The summed E-state index contributed by atoms with van der Waals surface area (Å²) in [6.45, 7) is 4.52. The Labute approximate surface area is 180 Å². The minimum absolute atomic E-state index is 0.247. The van der Waals surface area contributed by atoms with Gasteiger partial charge in [-0.25, -0.2) is 14.3 Å². The highest BCUT2D eigenvalue weighted by Crippen LogP contribution is 2.35. The van der Waals surface area contributed by atoms with Crippen molar-refractivity contribution < 1.29 is 9.47 Å². The third-order valence-electron chi connectivity index (χ3n) is 5.99. The molecule has 1 saturated heterocycles. The zero-order chi connectivity index (χ0) is 21.4. The Morgan fingerprint density at radius 2 is 2.19 bits per heavy atom. The lowest BCUT2D eigenvalue weighted by Gasteiger charge is -2.14. The first-order chi connectivity index (χ1) is 15.1. The van der Waals surface area contributed by atoms with Crippen LogP contribution in [0.4, 0.5) is 0 Å². The molecule has 7 nitrogen and oxygen atoms in total. The van der Waals surface area contributed by atoms with Crippen LogP contribution in [0.15, 0.2) is 47.3 Å². The maximum absolute atomic E-state index is 12.4. The van der Waals surface area contributed by atoms with Crippen LogP contribution in [0.3, 0.4) is 0 Å². The summed E-state index contributed by atoms with van der Waals surface area (Å²) in [4.78, 5) is 12.4. The van der Waals surface area contributed by atoms with Crippen LogP contribution in [0, 0.1) is 6.92 Å². The van der Waals surface area contributed by atoms with Gasteiger partial charge in [0.1, 0.15) is 5.75 Å². The number of nitrogens with zero attached hydrogens (tertiary/aromatic N) is 2. The lowest BCUT2D eigenvalue weighted by Crippen LogP contribution is -2.25. The van der Waals surface area contributed by atoms with Gasteiger partial charge in [-0.3, -0.25) is 0 Å². The van der Waals surface area contributed by atoms with E-state index in [9.17, 15) is 4.79 Å². The Morgan fingerprint density at radius 1 is 1.29 bits per heavy atom. The van der Waals surface area contributed by atoms with E-state index >= 15 is 0 Å². The zero-order valence-electron chi connectivity index (χ0n) is 17.8. The number of aromatic nitrogens is 3. The Morgan fingerprint density at radius 3 is 3.00 bits per heavy atom. The number of aryl methyl sites for hydroxylation is 1. The second-order valence-electron chi connectivity index (χ2n) is 8.09. The SMILES string of the molecule is COc1cc2c(C)cc3n[nH]c(=O)n3c2cc1-c1cccc(CNCC2CCCO2)c1. The van der Waals surface area contributed by atoms with E-state index in [2.05, 4.69) is 39.8 Å². The largest absolute Gasteiger partial charge is 0.496 e. The second-order valence-corrected chi connectivity index (χ2v) is 8.09. The van der Waals surface area contributed by atoms with Gasteiger partial charge < -0.3 is 14.8 Å². The fraction of sp³-hybridized carbons (Fsp3) is 0.333. The Balaban J connectivity index is 1.53. The van der Waals surface area contributed by atoms with E-state index in [1.165, 1.54) is 5.56 Å². The average Bonchev–Trinajstić information content (AvgIpc) is 3.43. The number of fused-ring (bicyclic) bond motifs is 3. The number of benzene rings is 2. The number of nitrogens with one attached hydrogen (secondary N) is 2. The van der Waals surface area contributed by atoms with E-state index < -0.39 is 0 Å². The van der Waals surface area contributed by atoms with E-state index in [1.807, 2.05) is 25.1 Å². The predicted octanol–water partition coefficient (Wildman–Crippen LogP) is 3.43. The number of pyridine rings is 1. The topological polar surface area (TPSA) is 80.7 Å². The van der Waals surface area contributed by atoms with E-state index in [-0.39, 0.29) is 5.69 Å². The summed E-state index contributed by atoms with van der Waals surface area (Å²) in [5.74, 6) is 0.774. The number of H-pyrrole nitrogens is 1. The minimum atomic E-state index is -0.247. The summed E-state index contributed by atoms with van der Waals surface area (Å²) < 4.78 is 13.0. The summed E-state index contributed by atoms with van der Waals surface area (Å²) in [5, 5.41) is 11.1. The predicted molar refractivity (Wildman–Crippen MR) is 121 cm³/mol. The number of aromatic amines is 1. The molecule has 31 heavy (non-hydrogen) atoms. The van der Waals surface area contributed by atoms with E-state index in [0.29, 0.717) is 11.8 Å². The first-order valence-corrected chi connectivity index (χ1v) is 10.6. The molecule has 1 unspecified atom stereocenters. The molecule has 2 aromatic heterocycles. The molecule has 7 heteroatoms. The maximum atomic E-state index is 12.4. The molecule has 1 aliphatic heterocycles. The van der Waals surface area contributed by atoms with Crippen molar-refractivity contribution in [3.05, 3.63) is 64.1 Å². The zero-order valence-corrected chi connectivity index (χ0v) is 17.8. The monoisotopic (exact) mass is 418 g/mol. The molecule has 3 heterocycles. The average molecular weight is 418 g/mol. The molecule has 0 saturated carbocycles. The minimum Gasteiger partial charge on any atom is -0.496 e. The van der Waals surface area contributed by atoms with Crippen LogP contribution in [-0.4, -0.2) is 41.0 Å². The Kier molecular flexibility index (Phi) is 5.21. The van der Waals surface area contributed by atoms with Crippen LogP contribution in [0.1, 0.15) is 24.0 Å². The van der Waals surface area contributed by atoms with Gasteiger partial charge in [0.15, 0.2) is 5.65 Å². The lowest BCUT2D eigenvalue weighted by molar-refractivity contribution is 0.110. The van der Waals surface area contributed by atoms with Crippen LogP contribution in [-0.2, 0) is 11.3 Å². The van der Waals surface area contributed by atoms with E-state index in [0.717, 1.165) is 65.9 Å². The highest BCUT2D eigenvalue weighted by molar-refractivity contribution is 5.92. The van der Waals surface area contributed by atoms with Crippen molar-refractivity contribution >= 4 is 16.6 Å². The molecule has 0 bridgehead atoms. The molecule has 0 amide bonds. The summed E-state index contributed by atoms with van der Waals surface area (Å²) in [6, 6.07) is 14.3. The number of ether oxygens (including phenoxy) is 2. The third kappa shape index (κ3) is 3.71. The van der Waals surface area contributed by atoms with E-state index in [1.54, 1.807) is 11.5 Å². The Hall–Kier alpha value is -3.16. The normalized spacial score (nSPS) is 16.4. The van der Waals surface area contributed by atoms with Gasteiger partial charge >= 0.3 is 5.69 Å².